The van der Waals surface area contributed by atoms with Crippen LogP contribution in [0.2, 0.25) is 0 Å². The Bertz CT molecular complexity index is 260. The van der Waals surface area contributed by atoms with Crippen LogP contribution in [0, 0.1) is 0 Å². The van der Waals surface area contributed by atoms with Gasteiger partial charge in [0, 0.05) is 0 Å². The number of hydrogen-bond acceptors (Lipinski definition) is 6. The van der Waals surface area contributed by atoms with E-state index < -0.39 is 5.97 Å². The zero-order valence-corrected chi connectivity index (χ0v) is 6.43. The summed E-state index contributed by atoms with van der Waals surface area (Å²) >= 11 is 1.21. The van der Waals surface area contributed by atoms with Crippen molar-refractivity contribution in [2.75, 3.05) is 12.3 Å². The number of nitrogen functional groups attached to an aromatic ring is 1. The van der Waals surface area contributed by atoms with Gasteiger partial charge in [-0.1, -0.05) is 0 Å². The Morgan fingerprint density at radius 2 is 2.55 bits per heavy atom. The van der Waals surface area contributed by atoms with E-state index in [4.69, 9.17) is 11.5 Å². The summed E-state index contributed by atoms with van der Waals surface area (Å²) in [4.78, 5) is 14.3. The Labute approximate surface area is 67.0 Å². The highest BCUT2D eigenvalue weighted by molar-refractivity contribution is 7.13. The topological polar surface area (TPSA) is 91.2 Å². The molecule has 60 valence electrons. The lowest BCUT2D eigenvalue weighted by Crippen LogP contribution is -2.19. The van der Waals surface area contributed by atoms with Crippen LogP contribution < -0.4 is 16.2 Å². The zero-order chi connectivity index (χ0) is 8.27. The van der Waals surface area contributed by atoms with Gasteiger partial charge in [0.1, 0.15) is 0 Å². The molecule has 0 aliphatic carbocycles. The summed E-state index contributed by atoms with van der Waals surface area (Å²) in [6, 6.07) is 0. The van der Waals surface area contributed by atoms with Crippen molar-refractivity contribution in [1.29, 1.82) is 0 Å². The Morgan fingerprint density at radius 1 is 1.82 bits per heavy atom. The third kappa shape index (κ3) is 2.17. The van der Waals surface area contributed by atoms with Crippen LogP contribution in [0.1, 0.15) is 0 Å². The minimum Gasteiger partial charge on any atom is -0.406 e. The molecule has 5 nitrogen and oxygen atoms in total. The molecule has 1 heterocycles. The van der Waals surface area contributed by atoms with E-state index in [2.05, 4.69) is 9.72 Å². The fraction of sp³-hybridized carbons (Fsp3) is 0.200. The Kier molecular flexibility index (Phi) is 2.40. The van der Waals surface area contributed by atoms with Gasteiger partial charge in [-0.3, -0.25) is 4.79 Å². The highest BCUT2D eigenvalue weighted by atomic mass is 32.1. The van der Waals surface area contributed by atoms with E-state index in [1.807, 2.05) is 0 Å². The van der Waals surface area contributed by atoms with Crippen LogP contribution in [-0.4, -0.2) is 17.5 Å². The highest BCUT2D eigenvalue weighted by Gasteiger charge is 2.04. The fourth-order valence-electron chi connectivity index (χ4n) is 0.477. The van der Waals surface area contributed by atoms with E-state index in [9.17, 15) is 4.79 Å². The largest absolute Gasteiger partial charge is 0.406 e. The first-order valence-electron chi connectivity index (χ1n) is 2.84. The number of rotatable bonds is 2. The van der Waals surface area contributed by atoms with E-state index in [0.29, 0.717) is 5.13 Å². The van der Waals surface area contributed by atoms with Crippen molar-refractivity contribution in [2.24, 2.45) is 5.73 Å². The molecule has 0 aliphatic rings. The molecule has 1 aromatic heterocycles. The quantitative estimate of drug-likeness (QED) is 0.593. The average Bonchev–Trinajstić information content (AvgIpc) is 2.35. The Morgan fingerprint density at radius 3 is 3.00 bits per heavy atom. The molecule has 0 bridgehead atoms. The predicted octanol–water partition coefficient (Wildman–Crippen LogP) is -0.411. The monoisotopic (exact) mass is 173 g/mol. The Hall–Kier alpha value is -1.14. The number of esters is 1. The second kappa shape index (κ2) is 3.31. The summed E-state index contributed by atoms with van der Waals surface area (Å²) < 4.78 is 4.64. The fourth-order valence-corrected chi connectivity index (χ4v) is 0.942. The number of thiazole rings is 1. The molecule has 0 saturated carbocycles. The van der Waals surface area contributed by atoms with Gasteiger partial charge in [-0.25, -0.2) is 0 Å². The molecule has 0 radical (unpaired) electrons. The summed E-state index contributed by atoms with van der Waals surface area (Å²) in [7, 11) is 0. The molecule has 0 saturated heterocycles. The maximum atomic E-state index is 10.6. The summed E-state index contributed by atoms with van der Waals surface area (Å²) in [5.74, 6) is -0.307. The predicted molar refractivity (Wildman–Crippen MR) is 41.2 cm³/mol. The van der Waals surface area contributed by atoms with Gasteiger partial charge >= 0.3 is 5.97 Å². The van der Waals surface area contributed by atoms with Crippen molar-refractivity contribution in [3.63, 3.8) is 0 Å². The maximum absolute atomic E-state index is 10.6. The van der Waals surface area contributed by atoms with Gasteiger partial charge in [-0.15, -0.1) is 11.3 Å². The number of nitrogens with zero attached hydrogens (tertiary/aromatic N) is 1. The van der Waals surface area contributed by atoms with Crippen LogP contribution in [0.3, 0.4) is 0 Å². The van der Waals surface area contributed by atoms with Crippen molar-refractivity contribution in [3.05, 3.63) is 5.38 Å². The molecule has 4 N–H and O–H groups in total. The molecule has 0 fully saturated rings. The van der Waals surface area contributed by atoms with E-state index in [0.717, 1.165) is 0 Å². The molecule has 11 heavy (non-hydrogen) atoms. The van der Waals surface area contributed by atoms with Crippen LogP contribution in [-0.2, 0) is 4.79 Å². The SMILES string of the molecule is NCC(=O)Oc1csc(N)n1. The number of aromatic nitrogens is 1. The summed E-state index contributed by atoms with van der Waals surface area (Å²) in [6.07, 6.45) is 0. The number of carbonyl (C=O) groups is 1. The second-order valence-corrected chi connectivity index (χ2v) is 2.59. The lowest BCUT2D eigenvalue weighted by Gasteiger charge is -1.94. The zero-order valence-electron chi connectivity index (χ0n) is 5.61. The van der Waals surface area contributed by atoms with Gasteiger partial charge in [-0.2, -0.15) is 4.98 Å². The molecule has 0 atom stereocenters. The first-order valence-corrected chi connectivity index (χ1v) is 3.72. The minimum absolute atomic E-state index is 0.155. The lowest BCUT2D eigenvalue weighted by molar-refractivity contribution is -0.132. The number of anilines is 1. The van der Waals surface area contributed by atoms with Gasteiger partial charge in [0.15, 0.2) is 5.13 Å². The van der Waals surface area contributed by atoms with Gasteiger partial charge in [0.05, 0.1) is 11.9 Å². The van der Waals surface area contributed by atoms with Crippen LogP contribution in [0.5, 0.6) is 5.88 Å². The van der Waals surface area contributed by atoms with E-state index in [1.165, 1.54) is 11.3 Å². The molecule has 1 aromatic rings. The van der Waals surface area contributed by atoms with Gasteiger partial charge < -0.3 is 16.2 Å². The summed E-state index contributed by atoms with van der Waals surface area (Å²) in [5, 5.41) is 1.91. The van der Waals surface area contributed by atoms with Crippen molar-refractivity contribution in [2.45, 2.75) is 0 Å². The molecule has 0 aromatic carbocycles. The van der Waals surface area contributed by atoms with Gasteiger partial charge in [0.2, 0.25) is 5.88 Å². The molecule has 1 rings (SSSR count). The van der Waals surface area contributed by atoms with Crippen molar-refractivity contribution >= 4 is 22.4 Å². The molecule has 0 aliphatic heterocycles. The lowest BCUT2D eigenvalue weighted by atomic mass is 10.7. The third-order valence-corrected chi connectivity index (χ3v) is 1.54. The van der Waals surface area contributed by atoms with E-state index in [-0.39, 0.29) is 12.4 Å². The Balaban J connectivity index is 2.57. The normalized spacial score (nSPS) is 9.55. The molecule has 0 unspecified atom stereocenters. The smallest absolute Gasteiger partial charge is 0.326 e. The van der Waals surface area contributed by atoms with Crippen LogP contribution in [0.15, 0.2) is 5.38 Å². The molecule has 0 spiro atoms. The molecular weight excluding hydrogens is 166 g/mol. The van der Waals surface area contributed by atoms with Gasteiger partial charge in [0.25, 0.3) is 0 Å². The van der Waals surface area contributed by atoms with Crippen molar-refractivity contribution < 1.29 is 9.53 Å². The van der Waals surface area contributed by atoms with Crippen LogP contribution >= 0.6 is 11.3 Å². The average molecular weight is 173 g/mol. The molecule has 6 heteroatoms. The first-order chi connectivity index (χ1) is 5.22. The van der Waals surface area contributed by atoms with Gasteiger partial charge in [-0.05, 0) is 0 Å². The summed E-state index contributed by atoms with van der Waals surface area (Å²) in [5.41, 5.74) is 10.3. The van der Waals surface area contributed by atoms with Crippen molar-refractivity contribution in [1.82, 2.24) is 4.98 Å². The maximum Gasteiger partial charge on any atom is 0.326 e. The third-order valence-electron chi connectivity index (χ3n) is 0.886. The minimum atomic E-state index is -0.518. The second-order valence-electron chi connectivity index (χ2n) is 1.70. The number of carbonyl (C=O) groups excluding carboxylic acids is 1. The highest BCUT2D eigenvalue weighted by Crippen LogP contribution is 2.17. The first kappa shape index (κ1) is 7.96. The molecule has 0 amide bonds. The van der Waals surface area contributed by atoms with E-state index in [1.54, 1.807) is 5.38 Å². The van der Waals surface area contributed by atoms with Crippen molar-refractivity contribution in [3.8, 4) is 5.88 Å². The van der Waals surface area contributed by atoms with E-state index >= 15 is 0 Å². The number of ether oxygens (including phenoxy) is 1. The number of hydrogen-bond donors (Lipinski definition) is 2. The molecular formula is C5H7N3O2S. The standard InChI is InChI=1S/C5H7N3O2S/c6-1-4(9)10-3-2-11-5(7)8-3/h2H,1,6H2,(H2,7,8). The van der Waals surface area contributed by atoms with Crippen LogP contribution in [0.4, 0.5) is 5.13 Å². The van der Waals surface area contributed by atoms with Crippen LogP contribution in [0.25, 0.3) is 0 Å². The summed E-state index contributed by atoms with van der Waals surface area (Å²) in [6.45, 7) is -0.155. The number of nitrogens with two attached hydrogens (primary N) is 2.